The molecule has 0 saturated heterocycles. The summed E-state index contributed by atoms with van der Waals surface area (Å²) in [6.07, 6.45) is 0.635. The van der Waals surface area contributed by atoms with Crippen molar-refractivity contribution >= 4 is 34.8 Å². The average molecular weight is 316 g/mol. The molecule has 1 unspecified atom stereocenters. The van der Waals surface area contributed by atoms with Gasteiger partial charge in [-0.15, -0.1) is 0 Å². The van der Waals surface area contributed by atoms with E-state index in [1.165, 1.54) is 0 Å². The highest BCUT2D eigenvalue weighted by atomic mass is 35.5. The quantitative estimate of drug-likeness (QED) is 0.648. The van der Waals surface area contributed by atoms with Gasteiger partial charge in [0.15, 0.2) is 0 Å². The molecule has 3 N–H and O–H groups in total. The van der Waals surface area contributed by atoms with Gasteiger partial charge in [0, 0.05) is 15.1 Å². The van der Waals surface area contributed by atoms with Crippen LogP contribution in [0.5, 0.6) is 0 Å². The number of benzene rings is 2. The van der Waals surface area contributed by atoms with E-state index in [1.54, 1.807) is 12.1 Å². The first-order chi connectivity index (χ1) is 9.10. The maximum atomic E-state index is 6.16. The highest BCUT2D eigenvalue weighted by Crippen LogP contribution is 2.26. The Kier molecular flexibility index (Phi) is 5.08. The summed E-state index contributed by atoms with van der Waals surface area (Å²) >= 11 is 18.1. The summed E-state index contributed by atoms with van der Waals surface area (Å²) < 4.78 is 0. The Balaban J connectivity index is 2.26. The van der Waals surface area contributed by atoms with E-state index < -0.39 is 0 Å². The van der Waals surface area contributed by atoms with Gasteiger partial charge in [-0.3, -0.25) is 11.3 Å². The molecule has 2 aromatic carbocycles. The molecule has 2 nitrogen and oxygen atoms in total. The summed E-state index contributed by atoms with van der Waals surface area (Å²) in [5.41, 5.74) is 4.73. The zero-order chi connectivity index (χ0) is 13.8. The van der Waals surface area contributed by atoms with Gasteiger partial charge in [0.05, 0.1) is 6.04 Å². The topological polar surface area (TPSA) is 38.0 Å². The minimum absolute atomic E-state index is 0.0744. The Morgan fingerprint density at radius 3 is 2.42 bits per heavy atom. The number of hydrogen-bond acceptors (Lipinski definition) is 2. The third kappa shape index (κ3) is 3.85. The van der Waals surface area contributed by atoms with E-state index in [1.807, 2.05) is 30.3 Å². The van der Waals surface area contributed by atoms with Crippen LogP contribution in [0.25, 0.3) is 0 Å². The average Bonchev–Trinajstić information content (AvgIpc) is 2.39. The van der Waals surface area contributed by atoms with Crippen molar-refractivity contribution in [3.63, 3.8) is 0 Å². The van der Waals surface area contributed by atoms with E-state index in [0.717, 1.165) is 11.1 Å². The van der Waals surface area contributed by atoms with Gasteiger partial charge in [0.25, 0.3) is 0 Å². The molecule has 0 amide bonds. The fourth-order valence-electron chi connectivity index (χ4n) is 1.92. The van der Waals surface area contributed by atoms with Crippen molar-refractivity contribution in [3.8, 4) is 0 Å². The van der Waals surface area contributed by atoms with Crippen LogP contribution < -0.4 is 11.3 Å². The highest BCUT2D eigenvalue weighted by molar-refractivity contribution is 6.33. The van der Waals surface area contributed by atoms with Crippen LogP contribution in [0.4, 0.5) is 0 Å². The Labute approximate surface area is 127 Å². The summed E-state index contributed by atoms with van der Waals surface area (Å²) in [6.45, 7) is 0. The van der Waals surface area contributed by atoms with Gasteiger partial charge in [-0.25, -0.2) is 0 Å². The minimum Gasteiger partial charge on any atom is -0.271 e. The van der Waals surface area contributed by atoms with Gasteiger partial charge in [-0.05, 0) is 47.9 Å². The Hall–Kier alpha value is -0.770. The fourth-order valence-corrected chi connectivity index (χ4v) is 2.50. The molecule has 0 fully saturated rings. The summed E-state index contributed by atoms with van der Waals surface area (Å²) in [7, 11) is 0. The van der Waals surface area contributed by atoms with Crippen molar-refractivity contribution in [1.82, 2.24) is 5.43 Å². The van der Waals surface area contributed by atoms with Gasteiger partial charge in [-0.1, -0.05) is 46.9 Å². The molecule has 0 radical (unpaired) electrons. The first-order valence-electron chi connectivity index (χ1n) is 5.75. The third-order valence-electron chi connectivity index (χ3n) is 2.88. The van der Waals surface area contributed by atoms with Crippen molar-refractivity contribution in [3.05, 3.63) is 68.7 Å². The highest BCUT2D eigenvalue weighted by Gasteiger charge is 2.13. The smallest absolute Gasteiger partial charge is 0.0501 e. The first-order valence-corrected chi connectivity index (χ1v) is 6.89. The molecule has 5 heteroatoms. The van der Waals surface area contributed by atoms with Crippen molar-refractivity contribution in [2.45, 2.75) is 12.5 Å². The molecule has 0 saturated carbocycles. The van der Waals surface area contributed by atoms with Crippen LogP contribution in [0, 0.1) is 0 Å². The van der Waals surface area contributed by atoms with E-state index in [4.69, 9.17) is 40.6 Å². The molecule has 100 valence electrons. The molecular weight excluding hydrogens is 303 g/mol. The lowest BCUT2D eigenvalue weighted by Gasteiger charge is -2.17. The number of hydrogen-bond donors (Lipinski definition) is 2. The molecule has 0 heterocycles. The zero-order valence-corrected chi connectivity index (χ0v) is 12.3. The van der Waals surface area contributed by atoms with E-state index in [2.05, 4.69) is 5.43 Å². The minimum atomic E-state index is -0.0744. The van der Waals surface area contributed by atoms with Crippen LogP contribution >= 0.6 is 34.8 Å². The second-order valence-electron chi connectivity index (χ2n) is 4.21. The first kappa shape index (κ1) is 14.6. The predicted molar refractivity (Wildman–Crippen MR) is 81.7 cm³/mol. The summed E-state index contributed by atoms with van der Waals surface area (Å²) in [6, 6.07) is 12.9. The maximum Gasteiger partial charge on any atom is 0.0501 e. The van der Waals surface area contributed by atoms with Gasteiger partial charge in [0.1, 0.15) is 0 Å². The Morgan fingerprint density at radius 1 is 1.00 bits per heavy atom. The molecule has 0 aliphatic carbocycles. The monoisotopic (exact) mass is 314 g/mol. The fraction of sp³-hybridized carbons (Fsp3) is 0.143. The normalized spacial score (nSPS) is 12.4. The van der Waals surface area contributed by atoms with Crippen molar-refractivity contribution in [1.29, 1.82) is 0 Å². The molecule has 1 atom stereocenters. The second-order valence-corrected chi connectivity index (χ2v) is 5.49. The lowest BCUT2D eigenvalue weighted by molar-refractivity contribution is 0.552. The molecule has 0 aromatic heterocycles. The van der Waals surface area contributed by atoms with E-state index >= 15 is 0 Å². The van der Waals surface area contributed by atoms with Gasteiger partial charge in [-0.2, -0.15) is 0 Å². The molecule has 19 heavy (non-hydrogen) atoms. The SMILES string of the molecule is NNC(Cc1cc(Cl)ccc1Cl)c1cccc(Cl)c1. The molecule has 0 bridgehead atoms. The molecule has 0 spiro atoms. The van der Waals surface area contributed by atoms with Crippen LogP contribution in [0.1, 0.15) is 17.2 Å². The maximum absolute atomic E-state index is 6.16. The third-order valence-corrected chi connectivity index (χ3v) is 3.72. The lowest BCUT2D eigenvalue weighted by Crippen LogP contribution is -2.29. The van der Waals surface area contributed by atoms with Crippen molar-refractivity contribution in [2.75, 3.05) is 0 Å². The van der Waals surface area contributed by atoms with E-state index in [0.29, 0.717) is 21.5 Å². The van der Waals surface area contributed by atoms with Gasteiger partial charge in [0.2, 0.25) is 0 Å². The van der Waals surface area contributed by atoms with Crippen LogP contribution in [0.15, 0.2) is 42.5 Å². The van der Waals surface area contributed by atoms with Crippen LogP contribution in [-0.2, 0) is 6.42 Å². The largest absolute Gasteiger partial charge is 0.271 e. The lowest BCUT2D eigenvalue weighted by atomic mass is 9.99. The second kappa shape index (κ2) is 6.60. The number of nitrogens with two attached hydrogens (primary N) is 1. The summed E-state index contributed by atoms with van der Waals surface area (Å²) in [5.74, 6) is 5.62. The standard InChI is InChI=1S/C14H13Cl3N2/c15-11-3-1-2-9(6-11)14(19-18)8-10-7-12(16)4-5-13(10)17/h1-7,14,19H,8,18H2. The van der Waals surface area contributed by atoms with Gasteiger partial charge < -0.3 is 0 Å². The molecule has 0 aliphatic heterocycles. The van der Waals surface area contributed by atoms with Crippen LogP contribution in [-0.4, -0.2) is 0 Å². The van der Waals surface area contributed by atoms with Crippen molar-refractivity contribution in [2.24, 2.45) is 5.84 Å². The molecular formula is C14H13Cl3N2. The summed E-state index contributed by atoms with van der Waals surface area (Å²) in [5, 5.41) is 2.00. The van der Waals surface area contributed by atoms with Crippen LogP contribution in [0.3, 0.4) is 0 Å². The predicted octanol–water partition coefficient (Wildman–Crippen LogP) is 4.39. The van der Waals surface area contributed by atoms with E-state index in [-0.39, 0.29) is 6.04 Å². The molecule has 2 aromatic rings. The van der Waals surface area contributed by atoms with E-state index in [9.17, 15) is 0 Å². The van der Waals surface area contributed by atoms with Crippen LogP contribution in [0.2, 0.25) is 15.1 Å². The Morgan fingerprint density at radius 2 is 1.74 bits per heavy atom. The number of halogens is 3. The zero-order valence-electron chi connectivity index (χ0n) is 10.0. The number of rotatable bonds is 4. The van der Waals surface area contributed by atoms with Crippen molar-refractivity contribution < 1.29 is 0 Å². The molecule has 2 rings (SSSR count). The molecule has 0 aliphatic rings. The summed E-state index contributed by atoms with van der Waals surface area (Å²) in [4.78, 5) is 0. The van der Waals surface area contributed by atoms with Gasteiger partial charge >= 0.3 is 0 Å². The number of nitrogens with one attached hydrogen (secondary N) is 1. The Bertz CT molecular complexity index is 572. The number of hydrazine groups is 1.